The molecule has 1 unspecified atom stereocenters. The molecule has 5 nitrogen and oxygen atoms in total. The predicted molar refractivity (Wildman–Crippen MR) is 67.8 cm³/mol. The standard InChI is InChI=1S/C11H18N2O3S/c1-5-16-7(2)6-12-11-13-9(8(3)17-11)10(14)15-4/h7H,5-6H2,1-4H3,(H,12,13). The van der Waals surface area contributed by atoms with Gasteiger partial charge in [0.05, 0.1) is 13.2 Å². The van der Waals surface area contributed by atoms with E-state index in [0.717, 1.165) is 10.0 Å². The molecule has 6 heteroatoms. The number of nitrogens with one attached hydrogen (secondary N) is 1. The Morgan fingerprint density at radius 2 is 2.29 bits per heavy atom. The molecule has 0 aliphatic rings. The zero-order valence-electron chi connectivity index (χ0n) is 10.6. The van der Waals surface area contributed by atoms with E-state index >= 15 is 0 Å². The maximum absolute atomic E-state index is 11.4. The fourth-order valence-electron chi connectivity index (χ4n) is 1.33. The SMILES string of the molecule is CCOC(C)CNc1nc(C(=O)OC)c(C)s1. The topological polar surface area (TPSA) is 60.5 Å². The Bertz CT molecular complexity index is 379. The van der Waals surface area contributed by atoms with Crippen LogP contribution in [0.3, 0.4) is 0 Å². The second-order valence-electron chi connectivity index (χ2n) is 3.56. The molecule has 0 bridgehead atoms. The van der Waals surface area contributed by atoms with E-state index in [4.69, 9.17) is 4.74 Å². The first kappa shape index (κ1) is 13.9. The van der Waals surface area contributed by atoms with Crippen LogP contribution in [-0.2, 0) is 9.47 Å². The summed E-state index contributed by atoms with van der Waals surface area (Å²) in [7, 11) is 1.35. The van der Waals surface area contributed by atoms with Crippen LogP contribution in [0, 0.1) is 6.92 Å². The van der Waals surface area contributed by atoms with Crippen LogP contribution >= 0.6 is 11.3 Å². The van der Waals surface area contributed by atoms with Gasteiger partial charge in [-0.05, 0) is 20.8 Å². The van der Waals surface area contributed by atoms with E-state index in [1.54, 1.807) is 0 Å². The molecule has 0 aliphatic heterocycles. The molecule has 0 saturated heterocycles. The van der Waals surface area contributed by atoms with Crippen molar-refractivity contribution in [2.45, 2.75) is 26.9 Å². The molecule has 0 aliphatic carbocycles. The minimum absolute atomic E-state index is 0.116. The normalized spacial score (nSPS) is 12.2. The number of methoxy groups -OCH3 is 1. The van der Waals surface area contributed by atoms with Crippen molar-refractivity contribution < 1.29 is 14.3 Å². The number of esters is 1. The van der Waals surface area contributed by atoms with Crippen LogP contribution in [0.1, 0.15) is 29.2 Å². The van der Waals surface area contributed by atoms with E-state index in [-0.39, 0.29) is 6.10 Å². The maximum atomic E-state index is 11.4. The lowest BCUT2D eigenvalue weighted by Crippen LogP contribution is -2.19. The lowest BCUT2D eigenvalue weighted by Gasteiger charge is -2.11. The zero-order valence-corrected chi connectivity index (χ0v) is 11.4. The van der Waals surface area contributed by atoms with Crippen molar-refractivity contribution in [1.29, 1.82) is 0 Å². The molecule has 96 valence electrons. The first-order chi connectivity index (χ1) is 8.08. The van der Waals surface area contributed by atoms with E-state index < -0.39 is 5.97 Å². The number of hydrogen-bond donors (Lipinski definition) is 1. The molecule has 0 fully saturated rings. The summed E-state index contributed by atoms with van der Waals surface area (Å²) in [5.41, 5.74) is 0.379. The van der Waals surface area contributed by atoms with E-state index in [1.807, 2.05) is 20.8 Å². The van der Waals surface area contributed by atoms with Gasteiger partial charge in [0.15, 0.2) is 10.8 Å². The summed E-state index contributed by atoms with van der Waals surface area (Å²) >= 11 is 1.44. The van der Waals surface area contributed by atoms with Gasteiger partial charge < -0.3 is 14.8 Å². The fraction of sp³-hybridized carbons (Fsp3) is 0.636. The quantitative estimate of drug-likeness (QED) is 0.792. The largest absolute Gasteiger partial charge is 0.464 e. The maximum Gasteiger partial charge on any atom is 0.357 e. The van der Waals surface area contributed by atoms with Crippen LogP contribution in [0.2, 0.25) is 0 Å². The van der Waals surface area contributed by atoms with Crippen LogP contribution in [0.5, 0.6) is 0 Å². The molecule has 1 aromatic heterocycles. The summed E-state index contributed by atoms with van der Waals surface area (Å²) in [6, 6.07) is 0. The van der Waals surface area contributed by atoms with Crippen LogP contribution in [0.4, 0.5) is 5.13 Å². The molecular weight excluding hydrogens is 240 g/mol. The first-order valence-electron chi connectivity index (χ1n) is 5.49. The number of rotatable bonds is 6. The molecule has 1 N–H and O–H groups in total. The molecule has 0 spiro atoms. The average molecular weight is 258 g/mol. The highest BCUT2D eigenvalue weighted by molar-refractivity contribution is 7.15. The highest BCUT2D eigenvalue weighted by Crippen LogP contribution is 2.22. The fourth-order valence-corrected chi connectivity index (χ4v) is 2.14. The van der Waals surface area contributed by atoms with Crippen molar-refractivity contribution in [3.8, 4) is 0 Å². The lowest BCUT2D eigenvalue weighted by atomic mass is 10.4. The van der Waals surface area contributed by atoms with Gasteiger partial charge in [-0.15, -0.1) is 11.3 Å². The molecule has 17 heavy (non-hydrogen) atoms. The number of thiazole rings is 1. The minimum Gasteiger partial charge on any atom is -0.464 e. The molecule has 1 rings (SSSR count). The highest BCUT2D eigenvalue weighted by atomic mass is 32.1. The van der Waals surface area contributed by atoms with Gasteiger partial charge in [-0.2, -0.15) is 0 Å². The summed E-state index contributed by atoms with van der Waals surface area (Å²) < 4.78 is 10.0. The zero-order chi connectivity index (χ0) is 12.8. The van der Waals surface area contributed by atoms with Crippen molar-refractivity contribution in [1.82, 2.24) is 4.98 Å². The number of anilines is 1. The van der Waals surface area contributed by atoms with Gasteiger partial charge in [0.2, 0.25) is 0 Å². The molecule has 1 aromatic rings. The van der Waals surface area contributed by atoms with Gasteiger partial charge in [-0.1, -0.05) is 0 Å². The molecule has 1 heterocycles. The second-order valence-corrected chi connectivity index (χ2v) is 4.77. The molecule has 0 saturated carbocycles. The third kappa shape index (κ3) is 3.98. The number of ether oxygens (including phenoxy) is 2. The number of hydrogen-bond acceptors (Lipinski definition) is 6. The first-order valence-corrected chi connectivity index (χ1v) is 6.31. The van der Waals surface area contributed by atoms with Gasteiger partial charge in [0, 0.05) is 18.0 Å². The number of nitrogens with zero attached hydrogens (tertiary/aromatic N) is 1. The molecule has 1 atom stereocenters. The summed E-state index contributed by atoms with van der Waals surface area (Å²) in [5, 5.41) is 3.86. The van der Waals surface area contributed by atoms with Crippen molar-refractivity contribution in [2.24, 2.45) is 0 Å². The third-order valence-electron chi connectivity index (χ3n) is 2.17. The van der Waals surface area contributed by atoms with Crippen LogP contribution < -0.4 is 5.32 Å². The Hall–Kier alpha value is -1.14. The second kappa shape index (κ2) is 6.56. The number of carbonyl (C=O) groups excluding carboxylic acids is 1. The lowest BCUT2D eigenvalue weighted by molar-refractivity contribution is 0.0594. The Morgan fingerprint density at radius 3 is 2.88 bits per heavy atom. The van der Waals surface area contributed by atoms with Gasteiger partial charge in [-0.3, -0.25) is 0 Å². The van der Waals surface area contributed by atoms with Gasteiger partial charge >= 0.3 is 5.97 Å². The van der Waals surface area contributed by atoms with E-state index in [0.29, 0.717) is 18.8 Å². The number of aromatic nitrogens is 1. The third-order valence-corrected chi connectivity index (χ3v) is 3.10. The van der Waals surface area contributed by atoms with Gasteiger partial charge in [0.1, 0.15) is 0 Å². The predicted octanol–water partition coefficient (Wildman–Crippen LogP) is 2.08. The average Bonchev–Trinajstić information content (AvgIpc) is 2.67. The highest BCUT2D eigenvalue weighted by Gasteiger charge is 2.15. The monoisotopic (exact) mass is 258 g/mol. The van der Waals surface area contributed by atoms with Gasteiger partial charge in [-0.25, -0.2) is 9.78 Å². The van der Waals surface area contributed by atoms with Crippen molar-refractivity contribution in [3.63, 3.8) is 0 Å². The van der Waals surface area contributed by atoms with E-state index in [1.165, 1.54) is 18.4 Å². The van der Waals surface area contributed by atoms with E-state index in [2.05, 4.69) is 15.0 Å². The Balaban J connectivity index is 2.58. The molecular formula is C11H18N2O3S. The Kier molecular flexibility index (Phi) is 5.37. The summed E-state index contributed by atoms with van der Waals surface area (Å²) in [6.07, 6.45) is 0.116. The van der Waals surface area contributed by atoms with Crippen molar-refractivity contribution in [2.75, 3.05) is 25.6 Å². The summed E-state index contributed by atoms with van der Waals surface area (Å²) in [5.74, 6) is -0.398. The Morgan fingerprint density at radius 1 is 1.59 bits per heavy atom. The molecule has 0 aromatic carbocycles. The molecule has 0 amide bonds. The summed E-state index contributed by atoms with van der Waals surface area (Å²) in [6.45, 7) is 7.15. The molecule has 0 radical (unpaired) electrons. The van der Waals surface area contributed by atoms with Gasteiger partial charge in [0.25, 0.3) is 0 Å². The van der Waals surface area contributed by atoms with Crippen LogP contribution in [-0.4, -0.2) is 37.3 Å². The van der Waals surface area contributed by atoms with Crippen LogP contribution in [0.15, 0.2) is 0 Å². The van der Waals surface area contributed by atoms with Crippen molar-refractivity contribution >= 4 is 22.4 Å². The van der Waals surface area contributed by atoms with E-state index in [9.17, 15) is 4.79 Å². The van der Waals surface area contributed by atoms with Crippen molar-refractivity contribution in [3.05, 3.63) is 10.6 Å². The summed E-state index contributed by atoms with van der Waals surface area (Å²) in [4.78, 5) is 16.4. The Labute approximate surface area is 105 Å². The number of aryl methyl sites for hydroxylation is 1. The smallest absolute Gasteiger partial charge is 0.357 e. The minimum atomic E-state index is -0.398. The van der Waals surface area contributed by atoms with Crippen LogP contribution in [0.25, 0.3) is 0 Å². The number of carbonyl (C=O) groups is 1.